The molecule has 2 heteroatoms. The molecular weight excluding hydrogens is 148 g/mol. The maximum absolute atomic E-state index is 6.00. The Labute approximate surface area is 76.1 Å². The molecule has 1 aliphatic carbocycles. The van der Waals surface area contributed by atoms with Gasteiger partial charge in [0, 0.05) is 12.6 Å². The maximum atomic E-state index is 6.00. The van der Waals surface area contributed by atoms with Crippen LogP contribution in [0.15, 0.2) is 0 Å². The fourth-order valence-electron chi connectivity index (χ4n) is 2.18. The van der Waals surface area contributed by atoms with Crippen LogP contribution in [0.2, 0.25) is 0 Å². The summed E-state index contributed by atoms with van der Waals surface area (Å²) in [6, 6.07) is 0.646. The van der Waals surface area contributed by atoms with E-state index in [0.29, 0.717) is 12.0 Å². The van der Waals surface area contributed by atoms with E-state index in [1.807, 2.05) is 0 Å². The van der Waals surface area contributed by atoms with E-state index < -0.39 is 0 Å². The maximum Gasteiger partial charge on any atom is 0.0266 e. The Hall–Kier alpha value is -0.0800. The summed E-state index contributed by atoms with van der Waals surface area (Å²) in [6.45, 7) is 7.80. The highest BCUT2D eigenvalue weighted by molar-refractivity contribution is 4.80. The van der Waals surface area contributed by atoms with Gasteiger partial charge in [0.15, 0.2) is 0 Å². The van der Waals surface area contributed by atoms with Gasteiger partial charge in [-0.1, -0.05) is 27.2 Å². The molecule has 0 aromatic carbocycles. The molecule has 0 aliphatic heterocycles. The second-order valence-corrected chi connectivity index (χ2v) is 4.57. The zero-order chi connectivity index (χ0) is 9.14. The number of hydrazine groups is 1. The molecule has 2 N–H and O–H groups in total. The van der Waals surface area contributed by atoms with Crippen LogP contribution in [0.4, 0.5) is 0 Å². The van der Waals surface area contributed by atoms with Gasteiger partial charge in [0.05, 0.1) is 0 Å². The number of rotatable bonds is 3. The van der Waals surface area contributed by atoms with E-state index >= 15 is 0 Å². The summed E-state index contributed by atoms with van der Waals surface area (Å²) in [5.41, 5.74) is 0. The number of hydrogen-bond donors (Lipinski definition) is 1. The lowest BCUT2D eigenvalue weighted by atomic mass is 10.1. The van der Waals surface area contributed by atoms with E-state index in [9.17, 15) is 0 Å². The van der Waals surface area contributed by atoms with Crippen LogP contribution in [0.5, 0.6) is 0 Å². The molecule has 72 valence electrons. The van der Waals surface area contributed by atoms with E-state index in [0.717, 1.165) is 12.5 Å². The van der Waals surface area contributed by atoms with Crippen LogP contribution in [0.25, 0.3) is 0 Å². The van der Waals surface area contributed by atoms with Crippen LogP contribution >= 0.6 is 0 Å². The molecular formula is C10H22N2. The Morgan fingerprint density at radius 1 is 1.42 bits per heavy atom. The molecule has 0 saturated heterocycles. The van der Waals surface area contributed by atoms with Gasteiger partial charge in [0.2, 0.25) is 0 Å². The molecule has 0 amide bonds. The van der Waals surface area contributed by atoms with Crippen molar-refractivity contribution in [2.24, 2.45) is 17.7 Å². The van der Waals surface area contributed by atoms with E-state index in [4.69, 9.17) is 5.84 Å². The van der Waals surface area contributed by atoms with Crippen molar-refractivity contribution in [2.75, 3.05) is 6.54 Å². The Kier molecular flexibility index (Phi) is 3.53. The van der Waals surface area contributed by atoms with Crippen LogP contribution < -0.4 is 5.84 Å². The summed E-state index contributed by atoms with van der Waals surface area (Å²) in [7, 11) is 0. The van der Waals surface area contributed by atoms with Gasteiger partial charge in [-0.05, 0) is 24.7 Å². The van der Waals surface area contributed by atoms with Gasteiger partial charge in [0.1, 0.15) is 0 Å². The molecule has 0 bridgehead atoms. The molecule has 2 atom stereocenters. The van der Waals surface area contributed by atoms with Gasteiger partial charge < -0.3 is 0 Å². The molecule has 2 nitrogen and oxygen atoms in total. The highest BCUT2D eigenvalue weighted by Crippen LogP contribution is 2.28. The monoisotopic (exact) mass is 170 g/mol. The van der Waals surface area contributed by atoms with Gasteiger partial charge in [-0.25, -0.2) is 5.01 Å². The Bertz CT molecular complexity index is 134. The van der Waals surface area contributed by atoms with Crippen molar-refractivity contribution in [1.82, 2.24) is 5.01 Å². The highest BCUT2D eigenvalue weighted by Gasteiger charge is 2.27. The Morgan fingerprint density at radius 3 is 2.50 bits per heavy atom. The summed E-state index contributed by atoms with van der Waals surface area (Å²) in [5, 5.41) is 2.06. The van der Waals surface area contributed by atoms with Crippen molar-refractivity contribution >= 4 is 0 Å². The molecule has 0 radical (unpaired) electrons. The lowest BCUT2D eigenvalue weighted by molar-refractivity contribution is 0.151. The fourth-order valence-corrected chi connectivity index (χ4v) is 2.18. The first-order chi connectivity index (χ1) is 5.61. The molecule has 0 aromatic rings. The molecule has 2 unspecified atom stereocenters. The second kappa shape index (κ2) is 4.24. The third-order valence-electron chi connectivity index (χ3n) is 2.82. The smallest absolute Gasteiger partial charge is 0.0266 e. The zero-order valence-electron chi connectivity index (χ0n) is 8.59. The summed E-state index contributed by atoms with van der Waals surface area (Å²) in [6.07, 6.45) is 4.01. The summed E-state index contributed by atoms with van der Waals surface area (Å²) in [5.74, 6) is 7.49. The minimum absolute atomic E-state index is 0.646. The molecule has 1 fully saturated rings. The summed E-state index contributed by atoms with van der Waals surface area (Å²) < 4.78 is 0. The summed E-state index contributed by atoms with van der Waals surface area (Å²) >= 11 is 0. The van der Waals surface area contributed by atoms with Crippen molar-refractivity contribution in [3.8, 4) is 0 Å². The lowest BCUT2D eigenvalue weighted by Gasteiger charge is -2.28. The predicted octanol–water partition coefficient (Wildman–Crippen LogP) is 2.01. The average molecular weight is 170 g/mol. The third-order valence-corrected chi connectivity index (χ3v) is 2.82. The summed E-state index contributed by atoms with van der Waals surface area (Å²) in [4.78, 5) is 0. The zero-order valence-corrected chi connectivity index (χ0v) is 8.59. The van der Waals surface area contributed by atoms with Crippen molar-refractivity contribution in [2.45, 2.75) is 46.1 Å². The minimum Gasteiger partial charge on any atom is -0.269 e. The van der Waals surface area contributed by atoms with Gasteiger partial charge in [0.25, 0.3) is 0 Å². The van der Waals surface area contributed by atoms with Gasteiger partial charge in [-0.2, -0.15) is 0 Å². The van der Waals surface area contributed by atoms with Gasteiger partial charge in [-0.3, -0.25) is 5.84 Å². The van der Waals surface area contributed by atoms with Crippen LogP contribution in [-0.2, 0) is 0 Å². The third kappa shape index (κ3) is 2.46. The van der Waals surface area contributed by atoms with Crippen LogP contribution in [0.1, 0.15) is 40.0 Å². The minimum atomic E-state index is 0.646. The van der Waals surface area contributed by atoms with Crippen molar-refractivity contribution in [1.29, 1.82) is 0 Å². The number of nitrogens with zero attached hydrogens (tertiary/aromatic N) is 1. The first-order valence-electron chi connectivity index (χ1n) is 5.12. The van der Waals surface area contributed by atoms with Crippen LogP contribution in [0.3, 0.4) is 0 Å². The standard InChI is InChI=1S/C10H22N2/c1-8(2)7-12(11)10-6-4-5-9(10)3/h8-10H,4-7,11H2,1-3H3. The molecule has 0 heterocycles. The highest BCUT2D eigenvalue weighted by atomic mass is 15.4. The number of hydrogen-bond acceptors (Lipinski definition) is 2. The van der Waals surface area contributed by atoms with Crippen molar-refractivity contribution in [3.63, 3.8) is 0 Å². The molecule has 1 rings (SSSR count). The van der Waals surface area contributed by atoms with Crippen LogP contribution in [-0.4, -0.2) is 17.6 Å². The lowest BCUT2D eigenvalue weighted by Crippen LogP contribution is -2.44. The van der Waals surface area contributed by atoms with E-state index in [-0.39, 0.29) is 0 Å². The Morgan fingerprint density at radius 2 is 2.08 bits per heavy atom. The van der Waals surface area contributed by atoms with E-state index in [1.54, 1.807) is 0 Å². The SMILES string of the molecule is CC(C)CN(N)C1CCCC1C. The van der Waals surface area contributed by atoms with E-state index in [2.05, 4.69) is 25.8 Å². The predicted molar refractivity (Wildman–Crippen MR) is 52.5 cm³/mol. The molecule has 0 aromatic heterocycles. The number of nitrogens with two attached hydrogens (primary N) is 1. The van der Waals surface area contributed by atoms with Gasteiger partial charge >= 0.3 is 0 Å². The molecule has 12 heavy (non-hydrogen) atoms. The fraction of sp³-hybridized carbons (Fsp3) is 1.00. The molecule has 1 aliphatic rings. The second-order valence-electron chi connectivity index (χ2n) is 4.57. The Balaban J connectivity index is 2.35. The largest absolute Gasteiger partial charge is 0.269 e. The quantitative estimate of drug-likeness (QED) is 0.518. The van der Waals surface area contributed by atoms with Crippen molar-refractivity contribution < 1.29 is 0 Å². The molecule has 1 saturated carbocycles. The molecule has 0 spiro atoms. The first-order valence-corrected chi connectivity index (χ1v) is 5.12. The van der Waals surface area contributed by atoms with Gasteiger partial charge in [-0.15, -0.1) is 0 Å². The normalized spacial score (nSPS) is 30.5. The topological polar surface area (TPSA) is 29.3 Å². The van der Waals surface area contributed by atoms with E-state index in [1.165, 1.54) is 19.3 Å². The van der Waals surface area contributed by atoms with Crippen LogP contribution in [0, 0.1) is 11.8 Å². The average Bonchev–Trinajstić information content (AvgIpc) is 2.33. The first kappa shape index (κ1) is 10.0. The van der Waals surface area contributed by atoms with Crippen molar-refractivity contribution in [3.05, 3.63) is 0 Å².